The van der Waals surface area contributed by atoms with Crippen molar-refractivity contribution < 1.29 is 13.6 Å². The number of nitrogens with one attached hydrogen (secondary N) is 2. The van der Waals surface area contributed by atoms with E-state index in [0.29, 0.717) is 11.4 Å². The topological polar surface area (TPSA) is 54.0 Å². The van der Waals surface area contributed by atoms with Crippen LogP contribution in [0.2, 0.25) is 5.02 Å². The van der Waals surface area contributed by atoms with Crippen LogP contribution in [0.4, 0.5) is 19.3 Å². The molecule has 88 valence electrons. The summed E-state index contributed by atoms with van der Waals surface area (Å²) in [5.74, 6) is 0. The molecule has 1 aromatic heterocycles. The van der Waals surface area contributed by atoms with Gasteiger partial charge < -0.3 is 10.6 Å². The molecule has 2 amide bonds. The first-order valence-corrected chi connectivity index (χ1v) is 4.82. The zero-order valence-corrected chi connectivity index (χ0v) is 9.18. The molecule has 0 saturated carbocycles. The Bertz CT molecular complexity index is 387. The smallest absolute Gasteiger partial charge is 0.319 e. The molecule has 1 heterocycles. The molecule has 0 spiro atoms. The number of nitrogens with zero attached hydrogens (tertiary/aromatic N) is 1. The molecule has 0 fully saturated rings. The maximum atomic E-state index is 11.8. The van der Waals surface area contributed by atoms with E-state index in [1.54, 1.807) is 6.92 Å². The molecule has 0 aliphatic rings. The molecular weight excluding hydrogens is 240 g/mol. The van der Waals surface area contributed by atoms with E-state index in [9.17, 15) is 13.6 Å². The number of hydrogen-bond donors (Lipinski definition) is 2. The summed E-state index contributed by atoms with van der Waals surface area (Å²) in [6, 6.07) is 0.755. The van der Waals surface area contributed by atoms with E-state index < -0.39 is 19.0 Å². The monoisotopic (exact) mass is 249 g/mol. The van der Waals surface area contributed by atoms with Crippen LogP contribution in [0.3, 0.4) is 0 Å². The van der Waals surface area contributed by atoms with Crippen molar-refractivity contribution in [2.24, 2.45) is 0 Å². The lowest BCUT2D eigenvalue weighted by molar-refractivity contribution is 0.148. The van der Waals surface area contributed by atoms with Crippen LogP contribution in [0.15, 0.2) is 12.3 Å². The summed E-state index contributed by atoms with van der Waals surface area (Å²) in [5, 5.41) is 4.64. The third kappa shape index (κ3) is 3.62. The highest BCUT2D eigenvalue weighted by molar-refractivity contribution is 6.34. The SMILES string of the molecule is Cc1nccc(NC(=O)NCC(F)F)c1Cl. The Morgan fingerprint density at radius 3 is 2.94 bits per heavy atom. The third-order valence-electron chi connectivity index (χ3n) is 1.73. The molecule has 7 heteroatoms. The minimum Gasteiger partial charge on any atom is -0.332 e. The van der Waals surface area contributed by atoms with Crippen LogP contribution >= 0.6 is 11.6 Å². The number of carbonyl (C=O) groups is 1. The molecule has 0 aliphatic heterocycles. The Morgan fingerprint density at radius 2 is 2.31 bits per heavy atom. The van der Waals surface area contributed by atoms with Gasteiger partial charge in [-0.1, -0.05) is 11.6 Å². The quantitative estimate of drug-likeness (QED) is 0.864. The molecule has 1 aromatic rings. The molecule has 2 N–H and O–H groups in total. The standard InChI is InChI=1S/C9H10ClF2N3O/c1-5-8(10)6(2-3-13-5)15-9(16)14-4-7(11)12/h2-3,7H,4H2,1H3,(H2,13,14,15,16). The van der Waals surface area contributed by atoms with Gasteiger partial charge in [0.15, 0.2) is 0 Å². The number of alkyl halides is 2. The number of pyridine rings is 1. The molecular formula is C9H10ClF2N3O. The fourth-order valence-corrected chi connectivity index (χ4v) is 1.14. The number of urea groups is 1. The normalized spacial score (nSPS) is 10.3. The van der Waals surface area contributed by atoms with Crippen molar-refractivity contribution in [3.05, 3.63) is 23.0 Å². The first-order valence-electron chi connectivity index (χ1n) is 4.45. The van der Waals surface area contributed by atoms with Gasteiger partial charge in [0.1, 0.15) is 0 Å². The largest absolute Gasteiger partial charge is 0.332 e. The lowest BCUT2D eigenvalue weighted by Gasteiger charge is -2.09. The van der Waals surface area contributed by atoms with Gasteiger partial charge in [-0.3, -0.25) is 4.98 Å². The van der Waals surface area contributed by atoms with E-state index in [-0.39, 0.29) is 5.02 Å². The first kappa shape index (κ1) is 12.6. The summed E-state index contributed by atoms with van der Waals surface area (Å²) in [6.07, 6.45) is -1.12. The number of rotatable bonds is 3. The Labute approximate surface area is 96.0 Å². The number of amides is 2. The summed E-state index contributed by atoms with van der Waals surface area (Å²) in [6.45, 7) is 0.970. The second-order valence-electron chi connectivity index (χ2n) is 2.98. The maximum Gasteiger partial charge on any atom is 0.319 e. The Hall–Kier alpha value is -1.43. The number of carbonyl (C=O) groups excluding carboxylic acids is 1. The second kappa shape index (κ2) is 5.60. The summed E-state index contributed by atoms with van der Waals surface area (Å²) in [4.78, 5) is 15.0. The summed E-state index contributed by atoms with van der Waals surface area (Å²) < 4.78 is 23.6. The van der Waals surface area contributed by atoms with Crippen LogP contribution in [-0.4, -0.2) is 24.0 Å². The van der Waals surface area contributed by atoms with E-state index in [1.807, 2.05) is 5.32 Å². The molecule has 16 heavy (non-hydrogen) atoms. The van der Waals surface area contributed by atoms with Gasteiger partial charge in [0.05, 0.1) is 22.9 Å². The summed E-state index contributed by atoms with van der Waals surface area (Å²) >= 11 is 5.85. The first-order chi connectivity index (χ1) is 7.50. The molecule has 0 aliphatic carbocycles. The summed E-state index contributed by atoms with van der Waals surface area (Å²) in [5.41, 5.74) is 0.884. The molecule has 0 unspecified atom stereocenters. The molecule has 0 aromatic carbocycles. The molecule has 0 bridgehead atoms. The fourth-order valence-electron chi connectivity index (χ4n) is 0.981. The summed E-state index contributed by atoms with van der Waals surface area (Å²) in [7, 11) is 0. The van der Waals surface area contributed by atoms with E-state index in [1.165, 1.54) is 12.3 Å². The Kier molecular flexibility index (Phi) is 4.42. The predicted octanol–water partition coefficient (Wildman–Crippen LogP) is 2.43. The van der Waals surface area contributed by atoms with Gasteiger partial charge in [0.2, 0.25) is 0 Å². The average Bonchev–Trinajstić information content (AvgIpc) is 2.22. The molecule has 4 nitrogen and oxygen atoms in total. The molecule has 0 saturated heterocycles. The van der Waals surface area contributed by atoms with Crippen molar-refractivity contribution >= 4 is 23.3 Å². The second-order valence-corrected chi connectivity index (χ2v) is 3.36. The minimum atomic E-state index is -2.58. The highest BCUT2D eigenvalue weighted by Crippen LogP contribution is 2.22. The third-order valence-corrected chi connectivity index (χ3v) is 2.21. The van der Waals surface area contributed by atoms with Crippen molar-refractivity contribution in [2.75, 3.05) is 11.9 Å². The Morgan fingerprint density at radius 1 is 1.62 bits per heavy atom. The van der Waals surface area contributed by atoms with Gasteiger partial charge in [-0.15, -0.1) is 0 Å². The van der Waals surface area contributed by atoms with E-state index in [0.717, 1.165) is 0 Å². The van der Waals surface area contributed by atoms with Crippen LogP contribution in [0.5, 0.6) is 0 Å². The number of anilines is 1. The van der Waals surface area contributed by atoms with Gasteiger partial charge >= 0.3 is 6.03 Å². The molecule has 1 rings (SSSR count). The zero-order chi connectivity index (χ0) is 12.1. The van der Waals surface area contributed by atoms with E-state index in [4.69, 9.17) is 11.6 Å². The zero-order valence-electron chi connectivity index (χ0n) is 8.43. The molecule has 0 atom stereocenters. The van der Waals surface area contributed by atoms with Crippen molar-refractivity contribution in [1.82, 2.24) is 10.3 Å². The van der Waals surface area contributed by atoms with Crippen LogP contribution in [-0.2, 0) is 0 Å². The van der Waals surface area contributed by atoms with Crippen molar-refractivity contribution in [1.29, 1.82) is 0 Å². The number of aryl methyl sites for hydroxylation is 1. The lowest BCUT2D eigenvalue weighted by atomic mass is 10.3. The van der Waals surface area contributed by atoms with Gasteiger partial charge in [-0.05, 0) is 13.0 Å². The van der Waals surface area contributed by atoms with Gasteiger partial charge in [0, 0.05) is 6.20 Å². The van der Waals surface area contributed by atoms with Crippen molar-refractivity contribution in [3.63, 3.8) is 0 Å². The van der Waals surface area contributed by atoms with Crippen LogP contribution < -0.4 is 10.6 Å². The number of halogens is 3. The van der Waals surface area contributed by atoms with E-state index in [2.05, 4.69) is 10.3 Å². The van der Waals surface area contributed by atoms with Gasteiger partial charge in [-0.2, -0.15) is 0 Å². The minimum absolute atomic E-state index is 0.287. The highest BCUT2D eigenvalue weighted by atomic mass is 35.5. The maximum absolute atomic E-state index is 11.8. The van der Waals surface area contributed by atoms with Gasteiger partial charge in [-0.25, -0.2) is 13.6 Å². The number of hydrogen-bond acceptors (Lipinski definition) is 2. The van der Waals surface area contributed by atoms with Crippen molar-refractivity contribution in [2.45, 2.75) is 13.3 Å². The van der Waals surface area contributed by atoms with Crippen LogP contribution in [0.1, 0.15) is 5.69 Å². The lowest BCUT2D eigenvalue weighted by Crippen LogP contribution is -2.32. The van der Waals surface area contributed by atoms with Crippen LogP contribution in [0, 0.1) is 6.92 Å². The average molecular weight is 250 g/mol. The molecule has 0 radical (unpaired) electrons. The predicted molar refractivity (Wildman–Crippen MR) is 57.0 cm³/mol. The highest BCUT2D eigenvalue weighted by Gasteiger charge is 2.09. The van der Waals surface area contributed by atoms with E-state index >= 15 is 0 Å². The van der Waals surface area contributed by atoms with Crippen molar-refractivity contribution in [3.8, 4) is 0 Å². The number of aromatic nitrogens is 1. The van der Waals surface area contributed by atoms with Gasteiger partial charge in [0.25, 0.3) is 6.43 Å². The fraction of sp³-hybridized carbons (Fsp3) is 0.333. The Balaban J connectivity index is 2.59. The van der Waals surface area contributed by atoms with Crippen LogP contribution in [0.25, 0.3) is 0 Å².